The fourth-order valence-corrected chi connectivity index (χ4v) is 4.70. The first-order chi connectivity index (χ1) is 14.4. The van der Waals surface area contributed by atoms with E-state index in [-0.39, 0.29) is 0 Å². The molecule has 0 atom stereocenters. The number of furan rings is 1. The third-order valence-electron chi connectivity index (χ3n) is 5.93. The lowest BCUT2D eigenvalue weighted by atomic mass is 9.95. The summed E-state index contributed by atoms with van der Waals surface area (Å²) in [7, 11) is 0. The Bertz CT molecular complexity index is 1760. The quantitative estimate of drug-likeness (QED) is 0.270. The normalized spacial score (nSPS) is 12.1. The molecule has 0 fully saturated rings. The van der Waals surface area contributed by atoms with Crippen molar-refractivity contribution in [3.63, 3.8) is 0 Å². The average molecular weight is 370 g/mol. The third-order valence-corrected chi connectivity index (χ3v) is 5.93. The van der Waals surface area contributed by atoms with Gasteiger partial charge in [-0.1, -0.05) is 72.8 Å². The summed E-state index contributed by atoms with van der Waals surface area (Å²) in [6.07, 6.45) is 0. The maximum atomic E-state index is 6.33. The summed E-state index contributed by atoms with van der Waals surface area (Å²) in [5.74, 6) is 0. The lowest BCUT2D eigenvalue weighted by Gasteiger charge is -2.10. The van der Waals surface area contributed by atoms with Crippen LogP contribution in [0.4, 0.5) is 0 Å². The van der Waals surface area contributed by atoms with E-state index in [0.29, 0.717) is 0 Å². The zero-order valence-corrected chi connectivity index (χ0v) is 15.4. The number of aromatic nitrogens is 2. The summed E-state index contributed by atoms with van der Waals surface area (Å²) in [6.45, 7) is 0. The smallest absolute Gasteiger partial charge is 0.164 e. The average Bonchev–Trinajstić information content (AvgIpc) is 3.18. The van der Waals surface area contributed by atoms with Crippen LogP contribution in [0.25, 0.3) is 65.3 Å². The summed E-state index contributed by atoms with van der Waals surface area (Å²) in [4.78, 5) is 0. The van der Waals surface area contributed by atoms with Crippen LogP contribution in [0.2, 0.25) is 0 Å². The van der Waals surface area contributed by atoms with Gasteiger partial charge in [0.2, 0.25) is 0 Å². The van der Waals surface area contributed by atoms with Crippen molar-refractivity contribution in [1.82, 2.24) is 10.2 Å². The van der Waals surface area contributed by atoms with Crippen molar-refractivity contribution in [3.05, 3.63) is 84.9 Å². The molecular weight excluding hydrogens is 356 g/mol. The minimum atomic E-state index is 0.808. The third kappa shape index (κ3) is 1.87. The Kier molecular flexibility index (Phi) is 2.74. The van der Waals surface area contributed by atoms with Gasteiger partial charge in [-0.15, -0.1) is 10.2 Å². The monoisotopic (exact) mass is 370 g/mol. The van der Waals surface area contributed by atoms with Gasteiger partial charge < -0.3 is 4.42 Å². The molecule has 0 amide bonds. The van der Waals surface area contributed by atoms with E-state index in [1.807, 2.05) is 12.1 Å². The van der Waals surface area contributed by atoms with Crippen LogP contribution in [0, 0.1) is 0 Å². The molecule has 0 aliphatic heterocycles. The molecule has 3 heteroatoms. The molecule has 0 N–H and O–H groups in total. The Morgan fingerprint density at radius 2 is 1.21 bits per heavy atom. The predicted octanol–water partition coefficient (Wildman–Crippen LogP) is 6.99. The molecule has 29 heavy (non-hydrogen) atoms. The van der Waals surface area contributed by atoms with E-state index in [0.717, 1.165) is 43.7 Å². The van der Waals surface area contributed by atoms with E-state index in [1.165, 1.54) is 21.5 Å². The van der Waals surface area contributed by atoms with E-state index >= 15 is 0 Å². The van der Waals surface area contributed by atoms with Gasteiger partial charge >= 0.3 is 0 Å². The van der Waals surface area contributed by atoms with Gasteiger partial charge in [-0.25, -0.2) is 0 Å². The van der Waals surface area contributed by atoms with Crippen LogP contribution in [0.3, 0.4) is 0 Å². The Labute approximate surface area is 165 Å². The minimum Gasteiger partial charge on any atom is -0.454 e. The van der Waals surface area contributed by atoms with E-state index < -0.39 is 0 Å². The van der Waals surface area contributed by atoms with E-state index in [2.05, 4.69) is 83.0 Å². The molecule has 2 heterocycles. The van der Waals surface area contributed by atoms with Crippen LogP contribution in [0.5, 0.6) is 0 Å². The number of fused-ring (bicyclic) bond motifs is 12. The second kappa shape index (κ2) is 5.30. The summed E-state index contributed by atoms with van der Waals surface area (Å²) < 4.78 is 6.33. The van der Waals surface area contributed by atoms with Gasteiger partial charge in [0.25, 0.3) is 0 Å². The van der Waals surface area contributed by atoms with E-state index in [1.54, 1.807) is 0 Å². The highest BCUT2D eigenvalue weighted by Crippen LogP contribution is 2.42. The fraction of sp³-hybridized carbons (Fsp3) is 0. The first-order valence-electron chi connectivity index (χ1n) is 9.70. The molecule has 7 aromatic rings. The highest BCUT2D eigenvalue weighted by atomic mass is 16.3. The molecule has 5 aromatic carbocycles. The largest absolute Gasteiger partial charge is 0.454 e. The van der Waals surface area contributed by atoms with Crippen molar-refractivity contribution in [2.45, 2.75) is 0 Å². The second-order valence-corrected chi connectivity index (χ2v) is 7.45. The van der Waals surface area contributed by atoms with Crippen molar-refractivity contribution in [3.8, 4) is 0 Å². The van der Waals surface area contributed by atoms with Crippen molar-refractivity contribution < 1.29 is 4.42 Å². The number of hydrogen-bond donors (Lipinski definition) is 0. The summed E-state index contributed by atoms with van der Waals surface area (Å²) in [5.41, 5.74) is 3.40. The van der Waals surface area contributed by atoms with E-state index in [9.17, 15) is 0 Å². The molecule has 0 spiro atoms. The molecule has 0 saturated carbocycles. The number of para-hydroxylation sites is 1. The van der Waals surface area contributed by atoms with Gasteiger partial charge in [0.1, 0.15) is 11.1 Å². The lowest BCUT2D eigenvalue weighted by molar-refractivity contribution is 0.671. The molecule has 0 unspecified atom stereocenters. The zero-order valence-electron chi connectivity index (χ0n) is 15.4. The number of hydrogen-bond acceptors (Lipinski definition) is 3. The molecular formula is C26H14N2O. The van der Waals surface area contributed by atoms with Gasteiger partial charge in [0.15, 0.2) is 5.58 Å². The van der Waals surface area contributed by atoms with Gasteiger partial charge in [0, 0.05) is 21.5 Å². The van der Waals surface area contributed by atoms with Crippen LogP contribution in [-0.4, -0.2) is 10.2 Å². The first kappa shape index (κ1) is 15.0. The van der Waals surface area contributed by atoms with Crippen LogP contribution >= 0.6 is 0 Å². The maximum absolute atomic E-state index is 6.33. The van der Waals surface area contributed by atoms with E-state index in [4.69, 9.17) is 4.42 Å². The highest BCUT2D eigenvalue weighted by molar-refractivity contribution is 6.35. The molecule has 0 saturated heterocycles. The number of nitrogens with zero attached hydrogens (tertiary/aromatic N) is 2. The van der Waals surface area contributed by atoms with Crippen molar-refractivity contribution in [2.24, 2.45) is 0 Å². The molecule has 0 aliphatic rings. The molecule has 7 rings (SSSR count). The summed E-state index contributed by atoms with van der Waals surface area (Å²) >= 11 is 0. The predicted molar refractivity (Wildman–Crippen MR) is 119 cm³/mol. The van der Waals surface area contributed by atoms with Crippen LogP contribution in [0.15, 0.2) is 89.3 Å². The Morgan fingerprint density at radius 1 is 0.517 bits per heavy atom. The molecule has 0 bridgehead atoms. The van der Waals surface area contributed by atoms with Crippen molar-refractivity contribution >= 4 is 65.3 Å². The van der Waals surface area contributed by atoms with Gasteiger partial charge in [-0.3, -0.25) is 0 Å². The number of rotatable bonds is 0. The first-order valence-corrected chi connectivity index (χ1v) is 9.70. The number of benzene rings is 5. The van der Waals surface area contributed by atoms with Crippen molar-refractivity contribution in [1.29, 1.82) is 0 Å². The van der Waals surface area contributed by atoms with Crippen molar-refractivity contribution in [2.75, 3.05) is 0 Å². The molecule has 2 aromatic heterocycles. The van der Waals surface area contributed by atoms with Gasteiger partial charge in [-0.2, -0.15) is 0 Å². The molecule has 134 valence electrons. The van der Waals surface area contributed by atoms with Crippen LogP contribution < -0.4 is 0 Å². The minimum absolute atomic E-state index is 0.808. The van der Waals surface area contributed by atoms with Gasteiger partial charge in [0.05, 0.1) is 5.52 Å². The SMILES string of the molecule is c1ccc2c(c1)ccc1nnc3c4oc5ccccc5c4c4ccccc4c3c12. The Morgan fingerprint density at radius 3 is 2.07 bits per heavy atom. The highest BCUT2D eigenvalue weighted by Gasteiger charge is 2.19. The molecule has 0 radical (unpaired) electrons. The maximum Gasteiger partial charge on any atom is 0.164 e. The van der Waals surface area contributed by atoms with Crippen LogP contribution in [-0.2, 0) is 0 Å². The zero-order chi connectivity index (χ0) is 18.9. The standard InChI is InChI=1S/C26H14N2O/c1-2-8-16-15(7-1)13-14-20-23(16)24-18-10-4-3-9-17(18)22-19-11-5-6-12-21(19)29-26(22)25(24)28-27-20/h1-14H. The fourth-order valence-electron chi connectivity index (χ4n) is 4.70. The lowest BCUT2D eigenvalue weighted by Crippen LogP contribution is -1.91. The topological polar surface area (TPSA) is 38.9 Å². The Hall–Kier alpha value is -3.98. The summed E-state index contributed by atoms with van der Waals surface area (Å²) in [5, 5.41) is 18.4. The summed E-state index contributed by atoms with van der Waals surface area (Å²) in [6, 6.07) is 29.3. The molecule has 0 aliphatic carbocycles. The van der Waals surface area contributed by atoms with Gasteiger partial charge in [-0.05, 0) is 33.7 Å². The molecule has 3 nitrogen and oxygen atoms in total. The van der Waals surface area contributed by atoms with Crippen LogP contribution in [0.1, 0.15) is 0 Å². The Balaban J connectivity index is 1.90. The second-order valence-electron chi connectivity index (χ2n) is 7.45.